The number of carboxylic acid groups (broad SMARTS) is 1. The lowest BCUT2D eigenvalue weighted by Gasteiger charge is -2.11. The molecule has 1 amide bonds. The second-order valence-corrected chi connectivity index (χ2v) is 6.35. The van der Waals surface area contributed by atoms with Gasteiger partial charge < -0.3 is 10.8 Å². The molecule has 0 fully saturated rings. The molecule has 124 valence electrons. The van der Waals surface area contributed by atoms with Gasteiger partial charge in [-0.05, 0) is 25.3 Å². The van der Waals surface area contributed by atoms with Gasteiger partial charge in [-0.1, -0.05) is 6.92 Å². The number of nitrogens with zero attached hydrogens (tertiary/aromatic N) is 2. The van der Waals surface area contributed by atoms with Crippen LogP contribution in [0.1, 0.15) is 47.2 Å². The Morgan fingerprint density at radius 2 is 2.09 bits per heavy atom. The van der Waals surface area contributed by atoms with E-state index < -0.39 is 11.9 Å². The lowest BCUT2D eigenvalue weighted by Crippen LogP contribution is -2.26. The third-order valence-electron chi connectivity index (χ3n) is 3.60. The molecule has 2 aromatic rings. The fourth-order valence-corrected chi connectivity index (χ4v) is 3.55. The first-order valence-corrected chi connectivity index (χ1v) is 8.22. The highest BCUT2D eigenvalue weighted by atomic mass is 32.1. The highest BCUT2D eigenvalue weighted by molar-refractivity contribution is 7.20. The van der Waals surface area contributed by atoms with Crippen molar-refractivity contribution >= 4 is 33.4 Å². The number of aromatic nitrogens is 2. The van der Waals surface area contributed by atoms with E-state index in [9.17, 15) is 19.5 Å². The summed E-state index contributed by atoms with van der Waals surface area (Å²) in [5.41, 5.74) is 5.34. The Morgan fingerprint density at radius 3 is 2.65 bits per heavy atom. The number of primary amides is 1. The van der Waals surface area contributed by atoms with E-state index in [1.807, 2.05) is 6.92 Å². The second-order valence-electron chi connectivity index (χ2n) is 5.35. The summed E-state index contributed by atoms with van der Waals surface area (Å²) in [6, 6.07) is 0. The number of hydrogen-bond donors (Lipinski definition) is 2. The van der Waals surface area contributed by atoms with E-state index in [0.717, 1.165) is 17.8 Å². The van der Waals surface area contributed by atoms with Crippen LogP contribution in [0, 0.1) is 6.92 Å². The maximum Gasteiger partial charge on any atom is 0.346 e. The predicted molar refractivity (Wildman–Crippen MR) is 88.0 cm³/mol. The Morgan fingerprint density at radius 1 is 1.39 bits per heavy atom. The monoisotopic (exact) mass is 337 g/mol. The van der Waals surface area contributed by atoms with Crippen LogP contribution < -0.4 is 11.3 Å². The summed E-state index contributed by atoms with van der Waals surface area (Å²) in [4.78, 5) is 40.0. The van der Waals surface area contributed by atoms with E-state index in [0.29, 0.717) is 41.0 Å². The number of fused-ring (bicyclic) bond motifs is 1. The zero-order valence-electron chi connectivity index (χ0n) is 13.1. The summed E-state index contributed by atoms with van der Waals surface area (Å²) in [6.07, 6.45) is 2.07. The average Bonchev–Trinajstić information content (AvgIpc) is 2.79. The predicted octanol–water partition coefficient (Wildman–Crippen LogP) is 1.68. The lowest BCUT2D eigenvalue weighted by molar-refractivity contribution is -0.118. The molecule has 23 heavy (non-hydrogen) atoms. The average molecular weight is 337 g/mol. The minimum atomic E-state index is -1.05. The van der Waals surface area contributed by atoms with Gasteiger partial charge in [0, 0.05) is 19.4 Å². The topological polar surface area (TPSA) is 115 Å². The zero-order chi connectivity index (χ0) is 17.1. The summed E-state index contributed by atoms with van der Waals surface area (Å²) >= 11 is 1.03. The molecular formula is C15H19N3O4S. The van der Waals surface area contributed by atoms with Gasteiger partial charge in [0.05, 0.1) is 5.39 Å². The number of amides is 1. The van der Waals surface area contributed by atoms with Crippen LogP contribution in [0.15, 0.2) is 4.79 Å². The molecule has 0 saturated heterocycles. The molecule has 0 spiro atoms. The molecule has 2 aromatic heterocycles. The van der Waals surface area contributed by atoms with Crippen LogP contribution >= 0.6 is 11.3 Å². The van der Waals surface area contributed by atoms with Crippen molar-refractivity contribution in [3.63, 3.8) is 0 Å². The highest BCUT2D eigenvalue weighted by Crippen LogP contribution is 2.27. The van der Waals surface area contributed by atoms with Crippen molar-refractivity contribution < 1.29 is 14.7 Å². The fraction of sp³-hybridized carbons (Fsp3) is 0.467. The summed E-state index contributed by atoms with van der Waals surface area (Å²) < 4.78 is 1.54. The highest BCUT2D eigenvalue weighted by Gasteiger charge is 2.20. The summed E-state index contributed by atoms with van der Waals surface area (Å²) in [5.74, 6) is -0.848. The van der Waals surface area contributed by atoms with Gasteiger partial charge in [-0.3, -0.25) is 14.2 Å². The second kappa shape index (κ2) is 6.91. The summed E-state index contributed by atoms with van der Waals surface area (Å²) in [6.45, 7) is 3.95. The van der Waals surface area contributed by atoms with Crippen LogP contribution in [-0.4, -0.2) is 26.5 Å². The lowest BCUT2D eigenvalue weighted by atomic mass is 10.2. The maximum atomic E-state index is 12.8. The number of nitrogens with two attached hydrogens (primary N) is 1. The number of thiophene rings is 1. The maximum absolute atomic E-state index is 12.8. The van der Waals surface area contributed by atoms with Crippen molar-refractivity contribution in [1.82, 2.24) is 9.55 Å². The summed E-state index contributed by atoms with van der Waals surface area (Å²) in [7, 11) is 0. The number of aromatic carboxylic acids is 1. The van der Waals surface area contributed by atoms with E-state index in [-0.39, 0.29) is 16.9 Å². The van der Waals surface area contributed by atoms with Crippen LogP contribution in [0.3, 0.4) is 0 Å². The summed E-state index contributed by atoms with van der Waals surface area (Å²) in [5, 5.41) is 9.58. The van der Waals surface area contributed by atoms with Gasteiger partial charge >= 0.3 is 5.97 Å². The molecule has 0 aromatic carbocycles. The van der Waals surface area contributed by atoms with Gasteiger partial charge in [0.1, 0.15) is 15.5 Å². The van der Waals surface area contributed by atoms with Gasteiger partial charge in [0.15, 0.2) is 0 Å². The third kappa shape index (κ3) is 3.42. The van der Waals surface area contributed by atoms with E-state index in [4.69, 9.17) is 5.73 Å². The molecule has 7 nitrogen and oxygen atoms in total. The number of rotatable bonds is 7. The van der Waals surface area contributed by atoms with E-state index in [1.54, 1.807) is 11.5 Å². The van der Waals surface area contributed by atoms with Crippen molar-refractivity contribution in [2.45, 2.75) is 46.1 Å². The first kappa shape index (κ1) is 17.1. The number of hydrogen-bond acceptors (Lipinski definition) is 5. The van der Waals surface area contributed by atoms with Crippen molar-refractivity contribution in [1.29, 1.82) is 0 Å². The molecule has 0 aliphatic rings. The van der Waals surface area contributed by atoms with Crippen molar-refractivity contribution in [3.05, 3.63) is 26.6 Å². The van der Waals surface area contributed by atoms with Gasteiger partial charge in [-0.25, -0.2) is 9.78 Å². The minimum Gasteiger partial charge on any atom is -0.477 e. The van der Waals surface area contributed by atoms with Crippen LogP contribution in [-0.2, 0) is 17.8 Å². The van der Waals surface area contributed by atoms with Crippen molar-refractivity contribution in [3.8, 4) is 0 Å². The van der Waals surface area contributed by atoms with Gasteiger partial charge in [-0.15, -0.1) is 11.3 Å². The third-order valence-corrected chi connectivity index (χ3v) is 4.78. The Balaban J connectivity index is 2.58. The van der Waals surface area contributed by atoms with E-state index >= 15 is 0 Å². The standard InChI is InChI=1S/C15H19N3O4S/c1-3-5-10-17-13-11(8(2)12(23-13)15(21)22)14(20)18(10)7-4-6-9(16)19/h3-7H2,1-2H3,(H2,16,19)(H,21,22). The molecule has 8 heteroatoms. The zero-order valence-corrected chi connectivity index (χ0v) is 13.9. The quantitative estimate of drug-likeness (QED) is 0.797. The molecule has 0 aliphatic carbocycles. The van der Waals surface area contributed by atoms with E-state index in [1.165, 1.54) is 0 Å². The number of carbonyl (C=O) groups excluding carboxylic acids is 1. The molecule has 0 unspecified atom stereocenters. The molecule has 0 bridgehead atoms. The first-order valence-electron chi connectivity index (χ1n) is 7.41. The Hall–Kier alpha value is -2.22. The van der Waals surface area contributed by atoms with Crippen LogP contribution in [0.5, 0.6) is 0 Å². The largest absolute Gasteiger partial charge is 0.477 e. The molecule has 0 radical (unpaired) electrons. The molecule has 0 atom stereocenters. The van der Waals surface area contributed by atoms with Gasteiger partial charge in [-0.2, -0.15) is 0 Å². The molecular weight excluding hydrogens is 318 g/mol. The number of aryl methyl sites for hydroxylation is 2. The van der Waals surface area contributed by atoms with Crippen LogP contribution in [0.25, 0.3) is 10.2 Å². The SMILES string of the molecule is CCCc1nc2sc(C(=O)O)c(C)c2c(=O)n1CCCC(N)=O. The molecule has 0 aliphatic heterocycles. The van der Waals surface area contributed by atoms with Crippen LogP contribution in [0.2, 0.25) is 0 Å². The van der Waals surface area contributed by atoms with Gasteiger partial charge in [0.2, 0.25) is 5.91 Å². The molecule has 0 saturated carbocycles. The number of carboxylic acids is 1. The molecule has 2 rings (SSSR count). The first-order chi connectivity index (χ1) is 10.9. The van der Waals surface area contributed by atoms with Crippen molar-refractivity contribution in [2.24, 2.45) is 5.73 Å². The number of carbonyl (C=O) groups is 2. The minimum absolute atomic E-state index is 0.141. The Bertz CT molecular complexity index is 822. The normalized spacial score (nSPS) is 11.0. The van der Waals surface area contributed by atoms with Gasteiger partial charge in [0.25, 0.3) is 5.56 Å². The van der Waals surface area contributed by atoms with E-state index in [2.05, 4.69) is 4.98 Å². The molecule has 3 N–H and O–H groups in total. The fourth-order valence-electron chi connectivity index (χ4n) is 2.52. The molecule has 2 heterocycles. The Kier molecular flexibility index (Phi) is 5.15. The Labute approximate surface area is 136 Å². The van der Waals surface area contributed by atoms with Crippen LogP contribution in [0.4, 0.5) is 0 Å². The van der Waals surface area contributed by atoms with Crippen molar-refractivity contribution in [2.75, 3.05) is 0 Å². The smallest absolute Gasteiger partial charge is 0.346 e.